The Morgan fingerprint density at radius 2 is 2.05 bits per heavy atom. The van der Waals surface area contributed by atoms with Crippen molar-refractivity contribution in [3.63, 3.8) is 0 Å². The second kappa shape index (κ2) is 14.0. The number of aryl methyl sites for hydroxylation is 2. The fourth-order valence-corrected chi connectivity index (χ4v) is 6.53. The lowest BCUT2D eigenvalue weighted by Crippen LogP contribution is -2.36. The van der Waals surface area contributed by atoms with Crippen LogP contribution in [0.1, 0.15) is 52.5 Å². The molecule has 0 bridgehead atoms. The number of allylic oxidation sites excluding steroid dienone is 3. The van der Waals surface area contributed by atoms with Crippen LogP contribution >= 0.6 is 11.8 Å². The summed E-state index contributed by atoms with van der Waals surface area (Å²) in [5.74, 6) is 0.473. The van der Waals surface area contributed by atoms with E-state index in [1.807, 2.05) is 19.2 Å². The summed E-state index contributed by atoms with van der Waals surface area (Å²) in [7, 11) is 3.66. The molecule has 41 heavy (non-hydrogen) atoms. The van der Waals surface area contributed by atoms with E-state index < -0.39 is 5.97 Å². The number of rotatable bonds is 11. The van der Waals surface area contributed by atoms with Crippen molar-refractivity contribution in [3.05, 3.63) is 77.0 Å². The summed E-state index contributed by atoms with van der Waals surface area (Å²) in [5.41, 5.74) is 5.42. The third kappa shape index (κ3) is 6.77. The molecule has 0 amide bonds. The fraction of sp³-hybridized carbons (Fsp3) is 0.394. The van der Waals surface area contributed by atoms with Gasteiger partial charge in [-0.2, -0.15) is 0 Å². The summed E-state index contributed by atoms with van der Waals surface area (Å²) in [4.78, 5) is 21.1. The lowest BCUT2D eigenvalue weighted by molar-refractivity contribution is 0.0527. The highest BCUT2D eigenvalue weighted by molar-refractivity contribution is 7.98. The Labute approximate surface area is 247 Å². The summed E-state index contributed by atoms with van der Waals surface area (Å²) in [5, 5.41) is 22.4. The normalized spacial score (nSPS) is 16.5. The lowest BCUT2D eigenvalue weighted by Gasteiger charge is -2.32. The second-order valence-corrected chi connectivity index (χ2v) is 11.6. The molecule has 2 N–H and O–H groups in total. The molecule has 7 nitrogen and oxygen atoms in total. The molecule has 1 atom stereocenters. The molecule has 0 radical (unpaired) electrons. The van der Waals surface area contributed by atoms with E-state index in [0.717, 1.165) is 47.6 Å². The summed E-state index contributed by atoms with van der Waals surface area (Å²) in [6.07, 6.45) is 7.16. The molecule has 1 aromatic heterocycles. The zero-order valence-electron chi connectivity index (χ0n) is 24.5. The summed E-state index contributed by atoms with van der Waals surface area (Å²) < 4.78 is 7.65. The number of hydrogen-bond donors (Lipinski definition) is 2. The van der Waals surface area contributed by atoms with Gasteiger partial charge in [0, 0.05) is 72.9 Å². The topological polar surface area (TPSA) is 87.3 Å². The largest absolute Gasteiger partial charge is 0.507 e. The summed E-state index contributed by atoms with van der Waals surface area (Å²) >= 11 is 1.66. The molecule has 1 fully saturated rings. The van der Waals surface area contributed by atoms with Crippen LogP contribution in [-0.4, -0.2) is 65.2 Å². The second-order valence-electron chi connectivity index (χ2n) is 10.5. The number of ether oxygens (including phenoxy) is 1. The molecular weight excluding hydrogens is 534 g/mol. The highest BCUT2D eigenvalue weighted by Crippen LogP contribution is 2.42. The molecule has 2 heterocycles. The Kier molecular flexibility index (Phi) is 10.5. The molecule has 1 aliphatic rings. The van der Waals surface area contributed by atoms with Gasteiger partial charge < -0.3 is 19.5 Å². The minimum Gasteiger partial charge on any atom is -0.507 e. The number of fused-ring (bicyclic) bond motifs is 1. The maximum atomic E-state index is 13.6. The van der Waals surface area contributed by atoms with Crippen LogP contribution < -0.4 is 0 Å². The fourth-order valence-electron chi connectivity index (χ4n) is 5.56. The number of aromatic nitrogens is 1. The van der Waals surface area contributed by atoms with E-state index in [2.05, 4.69) is 52.2 Å². The van der Waals surface area contributed by atoms with Gasteiger partial charge in [-0.25, -0.2) is 4.79 Å². The third-order valence-electron chi connectivity index (χ3n) is 7.74. The van der Waals surface area contributed by atoms with Gasteiger partial charge in [-0.15, -0.1) is 11.8 Å². The van der Waals surface area contributed by atoms with Gasteiger partial charge in [0.05, 0.1) is 17.7 Å². The SMILES string of the molecule is C=C/C(=C\C=NC)c1cc2c(c(CN3CCCC(CO)C3)c1O)c(C(=O)OCC)c(CSc1ccc(C)cc1)n2C. The Balaban J connectivity index is 1.94. The van der Waals surface area contributed by atoms with E-state index in [1.54, 1.807) is 38.0 Å². The van der Waals surface area contributed by atoms with Gasteiger partial charge in [0.1, 0.15) is 5.75 Å². The smallest absolute Gasteiger partial charge is 0.340 e. The van der Waals surface area contributed by atoms with Crippen LogP contribution in [0.2, 0.25) is 0 Å². The minimum absolute atomic E-state index is 0.119. The van der Waals surface area contributed by atoms with Crippen LogP contribution in [0.3, 0.4) is 0 Å². The first-order valence-corrected chi connectivity index (χ1v) is 15.1. The van der Waals surface area contributed by atoms with Crippen LogP contribution in [0.25, 0.3) is 16.5 Å². The molecule has 4 rings (SSSR count). The summed E-state index contributed by atoms with van der Waals surface area (Å²) in [6, 6.07) is 10.3. The van der Waals surface area contributed by atoms with Gasteiger partial charge in [-0.05, 0) is 69.0 Å². The molecule has 8 heteroatoms. The highest BCUT2D eigenvalue weighted by Gasteiger charge is 2.30. The molecule has 0 aliphatic carbocycles. The van der Waals surface area contributed by atoms with Crippen LogP contribution in [0, 0.1) is 12.8 Å². The van der Waals surface area contributed by atoms with E-state index >= 15 is 0 Å². The number of nitrogens with zero attached hydrogens (tertiary/aromatic N) is 3. The number of carbonyl (C=O) groups is 1. The monoisotopic (exact) mass is 575 g/mol. The Bertz CT molecular complexity index is 1460. The number of piperidine rings is 1. The molecule has 1 aliphatic heterocycles. The number of aliphatic imine (C=N–C) groups is 1. The third-order valence-corrected chi connectivity index (χ3v) is 8.76. The lowest BCUT2D eigenvalue weighted by atomic mass is 9.94. The number of esters is 1. The van der Waals surface area contributed by atoms with Crippen LogP contribution in [0.5, 0.6) is 5.75 Å². The zero-order chi connectivity index (χ0) is 29.5. The van der Waals surface area contributed by atoms with E-state index in [0.29, 0.717) is 34.4 Å². The number of aliphatic hydroxyl groups is 1. The number of aliphatic hydroxyl groups excluding tert-OH is 1. The Morgan fingerprint density at radius 3 is 2.71 bits per heavy atom. The molecule has 0 saturated carbocycles. The van der Waals surface area contributed by atoms with Crippen molar-refractivity contribution < 1.29 is 19.7 Å². The van der Waals surface area contributed by atoms with Gasteiger partial charge in [0.2, 0.25) is 0 Å². The maximum Gasteiger partial charge on any atom is 0.340 e. The average Bonchev–Trinajstić information content (AvgIpc) is 3.26. The molecule has 1 saturated heterocycles. The van der Waals surface area contributed by atoms with E-state index in [9.17, 15) is 15.0 Å². The Hall–Kier alpha value is -3.33. The summed E-state index contributed by atoms with van der Waals surface area (Å²) in [6.45, 7) is 10.3. The molecule has 1 unspecified atom stereocenters. The van der Waals surface area contributed by atoms with Crippen molar-refractivity contribution >= 4 is 40.4 Å². The standard InChI is InChI=1S/C33H41N3O4S/c1-6-24(14-15-34-4)26-17-28-30(27(32(26)38)19-36-16-8-9-23(18-36)20-37)31(33(39)40-7-2)29(35(28)5)21-41-25-12-10-22(3)11-13-25/h6,10-15,17,23,37-38H,1,7-9,16,18-21H2,2-5H3/b24-14+,34-15?. The van der Waals surface area contributed by atoms with Gasteiger partial charge in [-0.3, -0.25) is 9.89 Å². The van der Waals surface area contributed by atoms with Gasteiger partial charge in [-0.1, -0.05) is 30.4 Å². The predicted octanol–water partition coefficient (Wildman–Crippen LogP) is 6.14. The quantitative estimate of drug-likeness (QED) is 0.124. The van der Waals surface area contributed by atoms with Gasteiger partial charge in [0.15, 0.2) is 0 Å². The number of aromatic hydroxyl groups is 1. The molecule has 0 spiro atoms. The molecular formula is C33H41N3O4S. The minimum atomic E-state index is -0.393. The number of benzene rings is 2. The predicted molar refractivity (Wildman–Crippen MR) is 169 cm³/mol. The number of carbonyl (C=O) groups excluding carboxylic acids is 1. The average molecular weight is 576 g/mol. The van der Waals surface area contributed by atoms with Crippen molar-refractivity contribution in [3.8, 4) is 5.75 Å². The Morgan fingerprint density at radius 1 is 1.29 bits per heavy atom. The first-order chi connectivity index (χ1) is 19.8. The van der Waals surface area contributed by atoms with Crippen molar-refractivity contribution in [1.29, 1.82) is 0 Å². The van der Waals surface area contributed by atoms with Crippen LogP contribution in [-0.2, 0) is 24.1 Å². The number of thioether (sulfide) groups is 1. The number of phenols is 1. The van der Waals surface area contributed by atoms with Crippen LogP contribution in [0.4, 0.5) is 0 Å². The molecule has 3 aromatic rings. The van der Waals surface area contributed by atoms with Crippen molar-refractivity contribution in [2.45, 2.75) is 43.9 Å². The zero-order valence-corrected chi connectivity index (χ0v) is 25.3. The van der Waals surface area contributed by atoms with Gasteiger partial charge >= 0.3 is 5.97 Å². The number of phenolic OH excluding ortho intramolecular Hbond substituents is 1. The van der Waals surface area contributed by atoms with Crippen molar-refractivity contribution in [1.82, 2.24) is 9.47 Å². The number of likely N-dealkylation sites (tertiary alicyclic amines) is 1. The maximum absolute atomic E-state index is 13.6. The molecule has 218 valence electrons. The van der Waals surface area contributed by atoms with Crippen LogP contribution in [0.15, 0.2) is 59.0 Å². The van der Waals surface area contributed by atoms with E-state index in [1.165, 1.54) is 5.56 Å². The number of hydrogen-bond acceptors (Lipinski definition) is 7. The highest BCUT2D eigenvalue weighted by atomic mass is 32.2. The van der Waals surface area contributed by atoms with E-state index in [4.69, 9.17) is 4.74 Å². The van der Waals surface area contributed by atoms with Crippen molar-refractivity contribution in [2.24, 2.45) is 18.0 Å². The first kappa shape index (κ1) is 30.6. The molecule has 2 aromatic carbocycles. The van der Waals surface area contributed by atoms with Gasteiger partial charge in [0.25, 0.3) is 0 Å². The van der Waals surface area contributed by atoms with E-state index in [-0.39, 0.29) is 24.9 Å². The first-order valence-electron chi connectivity index (χ1n) is 14.1. The van der Waals surface area contributed by atoms with Crippen molar-refractivity contribution in [2.75, 3.05) is 33.4 Å².